The van der Waals surface area contributed by atoms with Crippen LogP contribution in [0.5, 0.6) is 0 Å². The number of benzene rings is 2. The van der Waals surface area contributed by atoms with Gasteiger partial charge in [0.25, 0.3) is 0 Å². The summed E-state index contributed by atoms with van der Waals surface area (Å²) in [4.78, 5) is 17.7. The molecule has 33 heavy (non-hydrogen) atoms. The van der Waals surface area contributed by atoms with Crippen molar-refractivity contribution < 1.29 is 27.1 Å². The fourth-order valence-electron chi connectivity index (χ4n) is 3.87. The molecule has 0 bridgehead atoms. The summed E-state index contributed by atoms with van der Waals surface area (Å²) in [7, 11) is 1.71. The van der Waals surface area contributed by atoms with Gasteiger partial charge in [0.05, 0.1) is 16.1 Å². The van der Waals surface area contributed by atoms with Crippen LogP contribution in [0.1, 0.15) is 36.3 Å². The van der Waals surface area contributed by atoms with Crippen molar-refractivity contribution in [3.63, 3.8) is 0 Å². The summed E-state index contributed by atoms with van der Waals surface area (Å²) < 4.78 is 58.1. The van der Waals surface area contributed by atoms with E-state index in [9.17, 15) is 22.4 Å². The molecule has 5 nitrogen and oxygen atoms in total. The minimum absolute atomic E-state index is 0.318. The molecule has 174 valence electrons. The van der Waals surface area contributed by atoms with E-state index in [2.05, 4.69) is 15.6 Å². The first-order valence-corrected chi connectivity index (χ1v) is 11.1. The second-order valence-corrected chi connectivity index (χ2v) is 8.81. The van der Waals surface area contributed by atoms with Gasteiger partial charge in [0.15, 0.2) is 0 Å². The third-order valence-electron chi connectivity index (χ3n) is 5.67. The lowest BCUT2D eigenvalue weighted by Crippen LogP contribution is -2.23. The lowest BCUT2D eigenvalue weighted by molar-refractivity contribution is -0.137. The predicted octanol–water partition coefficient (Wildman–Crippen LogP) is 7.03. The van der Waals surface area contributed by atoms with Gasteiger partial charge in [-0.1, -0.05) is 25.0 Å². The first kappa shape index (κ1) is 23.2. The standard InChI is InChI=1S/C23H21F4N3O2S/c1-32-22(10-2-3-11-22)20-28-13-19(33-20)14-4-7-16(8-5-14)29-21(31)30-18-12-15(23(25,26)27)6-9-17(18)24/h4-9,12-13H,2-3,10-11H2,1H3,(H2,29,30,31). The van der Waals surface area contributed by atoms with E-state index in [0.29, 0.717) is 23.9 Å². The molecule has 1 fully saturated rings. The summed E-state index contributed by atoms with van der Waals surface area (Å²) >= 11 is 1.56. The molecule has 0 atom stereocenters. The number of carbonyl (C=O) groups is 1. The number of nitrogens with one attached hydrogen (secondary N) is 2. The molecule has 1 aliphatic rings. The maximum atomic E-state index is 13.8. The second-order valence-electron chi connectivity index (χ2n) is 7.78. The van der Waals surface area contributed by atoms with Crippen molar-refractivity contribution in [1.82, 2.24) is 4.98 Å². The van der Waals surface area contributed by atoms with Gasteiger partial charge in [0.2, 0.25) is 0 Å². The smallest absolute Gasteiger partial charge is 0.371 e. The minimum atomic E-state index is -4.65. The quantitative estimate of drug-likeness (QED) is 0.386. The monoisotopic (exact) mass is 479 g/mol. The number of rotatable bonds is 5. The third-order valence-corrected chi connectivity index (χ3v) is 6.90. The number of aromatic nitrogens is 1. The Kier molecular flexibility index (Phi) is 6.40. The van der Waals surface area contributed by atoms with Gasteiger partial charge in [-0.3, -0.25) is 0 Å². The Morgan fingerprint density at radius 1 is 1.09 bits per heavy atom. The Morgan fingerprint density at radius 2 is 1.79 bits per heavy atom. The number of anilines is 2. The molecule has 1 saturated carbocycles. The van der Waals surface area contributed by atoms with Gasteiger partial charge in [-0.05, 0) is 48.7 Å². The summed E-state index contributed by atoms with van der Waals surface area (Å²) in [6.45, 7) is 0. The molecule has 3 aromatic rings. The van der Waals surface area contributed by atoms with E-state index < -0.39 is 29.3 Å². The topological polar surface area (TPSA) is 63.2 Å². The lowest BCUT2D eigenvalue weighted by atomic mass is 10.0. The number of alkyl halides is 3. The Morgan fingerprint density at radius 3 is 2.42 bits per heavy atom. The SMILES string of the molecule is COC1(c2ncc(-c3ccc(NC(=O)Nc4cc(C(F)(F)F)ccc4F)cc3)s2)CCCC1. The van der Waals surface area contributed by atoms with Crippen LogP contribution < -0.4 is 10.6 Å². The molecule has 0 unspecified atom stereocenters. The first-order chi connectivity index (χ1) is 15.7. The highest BCUT2D eigenvalue weighted by atomic mass is 32.1. The molecule has 0 spiro atoms. The van der Waals surface area contributed by atoms with Gasteiger partial charge in [-0.2, -0.15) is 13.2 Å². The van der Waals surface area contributed by atoms with Crippen LogP contribution in [0, 0.1) is 5.82 Å². The van der Waals surface area contributed by atoms with Crippen LogP contribution in [-0.2, 0) is 16.5 Å². The van der Waals surface area contributed by atoms with Crippen LogP contribution in [-0.4, -0.2) is 18.1 Å². The van der Waals surface area contributed by atoms with Gasteiger partial charge >= 0.3 is 12.2 Å². The van der Waals surface area contributed by atoms with Crippen LogP contribution in [0.3, 0.4) is 0 Å². The second kappa shape index (κ2) is 9.11. The molecule has 0 saturated heterocycles. The Balaban J connectivity index is 1.43. The van der Waals surface area contributed by atoms with E-state index in [1.54, 1.807) is 48.9 Å². The maximum absolute atomic E-state index is 13.8. The van der Waals surface area contributed by atoms with Crippen molar-refractivity contribution in [2.45, 2.75) is 37.5 Å². The zero-order valence-corrected chi connectivity index (χ0v) is 18.4. The number of urea groups is 1. The summed E-state index contributed by atoms with van der Waals surface area (Å²) in [5, 5.41) is 5.55. The molecule has 0 aliphatic heterocycles. The number of amides is 2. The number of halogens is 4. The molecule has 2 N–H and O–H groups in total. The minimum Gasteiger partial charge on any atom is -0.371 e. The fourth-order valence-corrected chi connectivity index (χ4v) is 5.02. The molecule has 2 amide bonds. The molecule has 1 aromatic heterocycles. The van der Waals surface area contributed by atoms with Gasteiger partial charge < -0.3 is 15.4 Å². The van der Waals surface area contributed by atoms with Crippen molar-refractivity contribution in [1.29, 1.82) is 0 Å². The van der Waals surface area contributed by atoms with E-state index in [-0.39, 0.29) is 5.60 Å². The van der Waals surface area contributed by atoms with Crippen molar-refractivity contribution in [3.05, 3.63) is 65.0 Å². The van der Waals surface area contributed by atoms with Crippen LogP contribution in [0.4, 0.5) is 33.7 Å². The van der Waals surface area contributed by atoms with Crippen molar-refractivity contribution in [2.75, 3.05) is 17.7 Å². The summed E-state index contributed by atoms with van der Waals surface area (Å²) in [6.07, 6.45) is 1.26. The van der Waals surface area contributed by atoms with Crippen LogP contribution in [0.15, 0.2) is 48.7 Å². The van der Waals surface area contributed by atoms with Crippen LogP contribution >= 0.6 is 11.3 Å². The van der Waals surface area contributed by atoms with Crippen molar-refractivity contribution >= 4 is 28.7 Å². The third kappa shape index (κ3) is 5.01. The lowest BCUT2D eigenvalue weighted by Gasteiger charge is -2.24. The number of thiazole rings is 1. The van der Waals surface area contributed by atoms with E-state index in [4.69, 9.17) is 4.74 Å². The average Bonchev–Trinajstić information content (AvgIpc) is 3.45. The zero-order chi connectivity index (χ0) is 23.6. The predicted molar refractivity (Wildman–Crippen MR) is 119 cm³/mol. The molecule has 0 radical (unpaired) electrons. The summed E-state index contributed by atoms with van der Waals surface area (Å²) in [5.41, 5.74) is -0.632. The fraction of sp³-hybridized carbons (Fsp3) is 0.304. The van der Waals surface area contributed by atoms with Gasteiger partial charge in [-0.15, -0.1) is 11.3 Å². The molecule has 2 aromatic carbocycles. The van der Waals surface area contributed by atoms with Crippen molar-refractivity contribution in [3.8, 4) is 10.4 Å². The highest BCUT2D eigenvalue weighted by Gasteiger charge is 2.38. The summed E-state index contributed by atoms with van der Waals surface area (Å²) in [6, 6.07) is 7.87. The average molecular weight is 479 g/mol. The number of ether oxygens (including phenoxy) is 1. The van der Waals surface area contributed by atoms with Crippen LogP contribution in [0.25, 0.3) is 10.4 Å². The zero-order valence-electron chi connectivity index (χ0n) is 17.6. The largest absolute Gasteiger partial charge is 0.416 e. The van der Waals surface area contributed by atoms with Crippen LogP contribution in [0.2, 0.25) is 0 Å². The molecule has 1 aliphatic carbocycles. The first-order valence-electron chi connectivity index (χ1n) is 10.3. The van der Waals surface area contributed by atoms with E-state index in [1.807, 2.05) is 0 Å². The maximum Gasteiger partial charge on any atom is 0.416 e. The van der Waals surface area contributed by atoms with Gasteiger partial charge in [-0.25, -0.2) is 14.2 Å². The number of hydrogen-bond acceptors (Lipinski definition) is 4. The van der Waals surface area contributed by atoms with E-state index >= 15 is 0 Å². The number of carbonyl (C=O) groups excluding carboxylic acids is 1. The molecule has 1 heterocycles. The molecular formula is C23H21F4N3O2S. The summed E-state index contributed by atoms with van der Waals surface area (Å²) in [5.74, 6) is -0.967. The number of nitrogens with zero attached hydrogens (tertiary/aromatic N) is 1. The molecule has 10 heteroatoms. The van der Waals surface area contributed by atoms with E-state index in [0.717, 1.165) is 41.1 Å². The molecular weight excluding hydrogens is 458 g/mol. The van der Waals surface area contributed by atoms with Gasteiger partial charge in [0.1, 0.15) is 16.4 Å². The number of hydrogen-bond donors (Lipinski definition) is 2. The highest BCUT2D eigenvalue weighted by Crippen LogP contribution is 2.44. The number of methoxy groups -OCH3 is 1. The Labute approximate surface area is 191 Å². The molecule has 4 rings (SSSR count). The Bertz CT molecular complexity index is 1140. The highest BCUT2D eigenvalue weighted by molar-refractivity contribution is 7.15. The van der Waals surface area contributed by atoms with Gasteiger partial charge in [0, 0.05) is 19.0 Å². The Hall–Kier alpha value is -2.98. The van der Waals surface area contributed by atoms with Crippen molar-refractivity contribution in [2.24, 2.45) is 0 Å². The normalized spacial score (nSPS) is 15.4. The van der Waals surface area contributed by atoms with E-state index in [1.165, 1.54) is 0 Å².